The van der Waals surface area contributed by atoms with Gasteiger partial charge in [-0.1, -0.05) is 0 Å². The van der Waals surface area contributed by atoms with Crippen LogP contribution in [-0.4, -0.2) is 49.2 Å². The van der Waals surface area contributed by atoms with E-state index in [2.05, 4.69) is 35.9 Å². The zero-order chi connectivity index (χ0) is 25.0. The Morgan fingerprint density at radius 1 is 1.20 bits per heavy atom. The molecule has 2 amide bonds. The summed E-state index contributed by atoms with van der Waals surface area (Å²) in [4.78, 5) is 41.9. The number of carbonyl (C=O) groups excluding carboxylic acids is 2. The first-order valence-electron chi connectivity index (χ1n) is 10.9. The van der Waals surface area contributed by atoms with Gasteiger partial charge in [0.1, 0.15) is 12.1 Å². The molecule has 0 aliphatic heterocycles. The normalized spacial score (nSPS) is 13.1. The number of carbonyl (C=O) groups is 2. The van der Waals surface area contributed by atoms with E-state index in [4.69, 9.17) is 4.74 Å². The Kier molecular flexibility index (Phi) is 6.82. The van der Waals surface area contributed by atoms with Gasteiger partial charge in [0.05, 0.1) is 46.8 Å². The van der Waals surface area contributed by atoms with Gasteiger partial charge in [-0.3, -0.25) is 10.1 Å². The number of benzene rings is 1. The minimum absolute atomic E-state index is 0.0157. The molecule has 0 spiro atoms. The molecule has 1 aliphatic carbocycles. The second-order valence-corrected chi connectivity index (χ2v) is 8.67. The highest BCUT2D eigenvalue weighted by Crippen LogP contribution is 2.40. The largest absolute Gasteiger partial charge is 0.418 e. The quantitative estimate of drug-likeness (QED) is 0.380. The van der Waals surface area contributed by atoms with Crippen molar-refractivity contribution in [2.75, 3.05) is 17.2 Å². The van der Waals surface area contributed by atoms with Crippen LogP contribution in [0.3, 0.4) is 0 Å². The maximum atomic E-state index is 13.8. The van der Waals surface area contributed by atoms with Crippen LogP contribution in [0.4, 0.5) is 26.4 Å². The molecular formula is C23H24FN7O4. The lowest BCUT2D eigenvalue weighted by atomic mass is 10.1. The van der Waals surface area contributed by atoms with E-state index in [0.29, 0.717) is 11.4 Å². The minimum Gasteiger partial charge on any atom is -0.389 e. The molecule has 1 aromatic carbocycles. The van der Waals surface area contributed by atoms with Crippen LogP contribution in [0.1, 0.15) is 48.7 Å². The number of hydrogen-bond donors (Lipinski definition) is 4. The van der Waals surface area contributed by atoms with Gasteiger partial charge in [0.2, 0.25) is 0 Å². The van der Waals surface area contributed by atoms with Gasteiger partial charge in [0.25, 0.3) is 11.8 Å². The molecule has 0 bridgehead atoms. The Labute approximate surface area is 200 Å². The number of anilines is 3. The highest BCUT2D eigenvalue weighted by Gasteiger charge is 2.27. The monoisotopic (exact) mass is 481 g/mol. The van der Waals surface area contributed by atoms with Crippen LogP contribution in [-0.2, 0) is 0 Å². The van der Waals surface area contributed by atoms with Crippen LogP contribution in [0.5, 0.6) is 5.88 Å². The van der Waals surface area contributed by atoms with Crippen LogP contribution in [0.15, 0.2) is 43.1 Å². The van der Waals surface area contributed by atoms with Gasteiger partial charge in [-0.15, -0.1) is 0 Å². The Hall–Kier alpha value is -4.19. The lowest BCUT2D eigenvalue weighted by Crippen LogP contribution is -2.38. The van der Waals surface area contributed by atoms with Crippen LogP contribution in [0, 0.1) is 5.82 Å². The first-order valence-corrected chi connectivity index (χ1v) is 10.9. The summed E-state index contributed by atoms with van der Waals surface area (Å²) in [7, 11) is 0. The third-order valence-electron chi connectivity index (χ3n) is 4.91. The van der Waals surface area contributed by atoms with Crippen molar-refractivity contribution >= 4 is 29.2 Å². The number of nitrogens with one attached hydrogen (secondary N) is 3. The molecule has 4 rings (SSSR count). The smallest absolute Gasteiger partial charge is 0.389 e. The van der Waals surface area contributed by atoms with E-state index in [1.807, 2.05) is 0 Å². The predicted molar refractivity (Wildman–Crippen MR) is 124 cm³/mol. The van der Waals surface area contributed by atoms with E-state index in [9.17, 15) is 19.1 Å². The maximum Gasteiger partial charge on any atom is 0.418 e. The van der Waals surface area contributed by atoms with Gasteiger partial charge in [-0.25, -0.2) is 29.1 Å². The number of hydrogen-bond acceptors (Lipinski definition) is 9. The van der Waals surface area contributed by atoms with Crippen molar-refractivity contribution in [2.45, 2.75) is 38.2 Å². The molecule has 35 heavy (non-hydrogen) atoms. The lowest BCUT2D eigenvalue weighted by Gasteiger charge is -2.18. The van der Waals surface area contributed by atoms with E-state index in [0.717, 1.165) is 25.0 Å². The van der Waals surface area contributed by atoms with Crippen molar-refractivity contribution < 1.29 is 23.8 Å². The molecule has 1 saturated carbocycles. The zero-order valence-corrected chi connectivity index (χ0v) is 19.1. The fraction of sp³-hybridized carbons (Fsp3) is 0.304. The van der Waals surface area contributed by atoms with Gasteiger partial charge in [0.15, 0.2) is 5.82 Å². The first-order chi connectivity index (χ1) is 16.7. The van der Waals surface area contributed by atoms with E-state index in [1.165, 1.54) is 38.6 Å². The van der Waals surface area contributed by atoms with Gasteiger partial charge >= 0.3 is 6.09 Å². The van der Waals surface area contributed by atoms with Crippen molar-refractivity contribution in [2.24, 2.45) is 0 Å². The van der Waals surface area contributed by atoms with Crippen molar-refractivity contribution in [1.29, 1.82) is 0 Å². The number of aliphatic hydroxyl groups is 1. The molecule has 0 saturated heterocycles. The predicted octanol–water partition coefficient (Wildman–Crippen LogP) is 3.14. The highest BCUT2D eigenvalue weighted by molar-refractivity contribution is 6.03. The molecule has 182 valence electrons. The van der Waals surface area contributed by atoms with E-state index in [-0.39, 0.29) is 35.4 Å². The summed E-state index contributed by atoms with van der Waals surface area (Å²) in [6.45, 7) is 2.95. The average molecular weight is 481 g/mol. The number of rotatable bonds is 8. The Balaban J connectivity index is 1.53. The van der Waals surface area contributed by atoms with Crippen LogP contribution in [0.2, 0.25) is 0 Å². The fourth-order valence-electron chi connectivity index (χ4n) is 3.05. The van der Waals surface area contributed by atoms with Crippen LogP contribution < -0.4 is 20.7 Å². The molecule has 12 heteroatoms. The average Bonchev–Trinajstić information content (AvgIpc) is 3.65. The number of halogens is 1. The van der Waals surface area contributed by atoms with E-state index < -0.39 is 23.4 Å². The molecule has 1 aliphatic rings. The minimum atomic E-state index is -1.17. The summed E-state index contributed by atoms with van der Waals surface area (Å²) in [6, 6.07) is 3.31. The summed E-state index contributed by atoms with van der Waals surface area (Å²) < 4.78 is 19.3. The summed E-state index contributed by atoms with van der Waals surface area (Å²) in [6.07, 6.45) is 7.00. The molecular weight excluding hydrogens is 457 g/mol. The zero-order valence-electron chi connectivity index (χ0n) is 19.1. The molecule has 0 atom stereocenters. The molecule has 0 radical (unpaired) electrons. The van der Waals surface area contributed by atoms with Crippen LogP contribution in [0.25, 0.3) is 0 Å². The van der Waals surface area contributed by atoms with Gasteiger partial charge in [0, 0.05) is 12.5 Å². The summed E-state index contributed by atoms with van der Waals surface area (Å²) in [5, 5.41) is 17.7. The molecule has 4 N–H and O–H groups in total. The maximum absolute atomic E-state index is 13.8. The Morgan fingerprint density at radius 3 is 2.63 bits per heavy atom. The fourth-order valence-corrected chi connectivity index (χ4v) is 3.05. The number of amides is 2. The second-order valence-electron chi connectivity index (χ2n) is 8.67. The Morgan fingerprint density at radius 2 is 1.94 bits per heavy atom. The molecule has 2 heterocycles. The van der Waals surface area contributed by atoms with Crippen molar-refractivity contribution in [3.63, 3.8) is 0 Å². The second kappa shape index (κ2) is 9.97. The molecule has 1 fully saturated rings. The van der Waals surface area contributed by atoms with Gasteiger partial charge in [-0.2, -0.15) is 0 Å². The molecule has 3 aromatic rings. The van der Waals surface area contributed by atoms with Crippen molar-refractivity contribution in [3.8, 4) is 5.88 Å². The number of ether oxygens (including phenoxy) is 1. The summed E-state index contributed by atoms with van der Waals surface area (Å²) in [5.41, 5.74) is -0.0918. The van der Waals surface area contributed by atoms with Crippen LogP contribution >= 0.6 is 0 Å². The Bertz CT molecular complexity index is 1230. The van der Waals surface area contributed by atoms with E-state index >= 15 is 0 Å². The highest BCUT2D eigenvalue weighted by atomic mass is 19.1. The SMILES string of the molecule is CC(C)(O)CNC(=O)c1cc(F)ccc1NC(=O)Oc1nc(C2CC2)cnc1Nc1cncnc1. The third-order valence-corrected chi connectivity index (χ3v) is 4.91. The van der Waals surface area contributed by atoms with E-state index in [1.54, 1.807) is 6.20 Å². The van der Waals surface area contributed by atoms with Gasteiger partial charge in [-0.05, 0) is 44.9 Å². The third kappa shape index (κ3) is 6.67. The lowest BCUT2D eigenvalue weighted by molar-refractivity contribution is 0.0694. The first kappa shape index (κ1) is 24.0. The summed E-state index contributed by atoms with van der Waals surface area (Å²) in [5.74, 6) is -1.00. The number of nitrogens with zero attached hydrogens (tertiary/aromatic N) is 4. The number of aromatic nitrogens is 4. The molecule has 11 nitrogen and oxygen atoms in total. The van der Waals surface area contributed by atoms with Crippen molar-refractivity contribution in [1.82, 2.24) is 25.3 Å². The standard InChI is InChI=1S/C23H24FN7O4/c1-23(2,34)11-28-20(32)16-7-14(24)5-6-17(16)31-22(33)35-21-19(29-15-8-25-12-26-9-15)27-10-18(30-21)13-3-4-13/h5-10,12-13,34H,3-4,11H2,1-2H3,(H,27,29)(H,28,32)(H,31,33). The molecule has 0 unspecified atom stereocenters. The van der Waals surface area contributed by atoms with Gasteiger partial charge < -0.3 is 20.5 Å². The van der Waals surface area contributed by atoms with Crippen molar-refractivity contribution in [3.05, 3.63) is 60.2 Å². The topological polar surface area (TPSA) is 151 Å². The molecule has 2 aromatic heterocycles. The summed E-state index contributed by atoms with van der Waals surface area (Å²) >= 11 is 0.